The van der Waals surface area contributed by atoms with Gasteiger partial charge in [-0.05, 0) is 12.3 Å². The Morgan fingerprint density at radius 3 is 2.00 bits per heavy atom. The molecule has 1 rings (SSSR count). The minimum Gasteiger partial charge on any atom is -0.480 e. The maximum absolute atomic E-state index is 11.1. The summed E-state index contributed by atoms with van der Waals surface area (Å²) in [4.78, 5) is 31.1. The summed E-state index contributed by atoms with van der Waals surface area (Å²) in [5.41, 5.74) is -0.912. The first-order chi connectivity index (χ1) is 9.70. The molecule has 0 aromatic heterocycles. The van der Waals surface area contributed by atoms with Crippen LogP contribution in [-0.4, -0.2) is 27.0 Å². The lowest BCUT2D eigenvalue weighted by Gasteiger charge is -2.17. The van der Waals surface area contributed by atoms with Gasteiger partial charge in [-0.3, -0.25) is 20.2 Å². The highest BCUT2D eigenvalue weighted by molar-refractivity contribution is 5.78. The van der Waals surface area contributed by atoms with Crippen LogP contribution in [0.1, 0.15) is 20.3 Å². The van der Waals surface area contributed by atoms with E-state index in [2.05, 4.69) is 5.32 Å². The van der Waals surface area contributed by atoms with Crippen molar-refractivity contribution < 1.29 is 19.7 Å². The molecule has 0 unspecified atom stereocenters. The molecule has 0 bridgehead atoms. The molecule has 0 aliphatic carbocycles. The Balaban J connectivity index is 3.13. The third-order valence-corrected chi connectivity index (χ3v) is 2.67. The van der Waals surface area contributed by atoms with Crippen molar-refractivity contribution in [1.29, 1.82) is 0 Å². The van der Waals surface area contributed by atoms with Gasteiger partial charge in [0.25, 0.3) is 11.4 Å². The third-order valence-electron chi connectivity index (χ3n) is 2.67. The second-order valence-corrected chi connectivity index (χ2v) is 4.92. The quantitative estimate of drug-likeness (QED) is 0.582. The molecule has 1 aromatic carbocycles. The summed E-state index contributed by atoms with van der Waals surface area (Å²) in [5, 5.41) is 33.2. The molecule has 0 radical (unpaired) electrons. The van der Waals surface area contributed by atoms with Crippen LogP contribution in [-0.2, 0) is 4.79 Å². The van der Waals surface area contributed by atoms with Crippen molar-refractivity contribution in [2.24, 2.45) is 5.92 Å². The second-order valence-electron chi connectivity index (χ2n) is 4.92. The number of aliphatic carboxylic acids is 1. The fourth-order valence-electron chi connectivity index (χ4n) is 1.78. The highest BCUT2D eigenvalue weighted by Crippen LogP contribution is 2.26. The smallest absolute Gasteiger partial charge is 0.326 e. The van der Waals surface area contributed by atoms with Crippen molar-refractivity contribution >= 4 is 23.0 Å². The second kappa shape index (κ2) is 6.64. The van der Waals surface area contributed by atoms with Gasteiger partial charge in [-0.1, -0.05) is 13.8 Å². The summed E-state index contributed by atoms with van der Waals surface area (Å²) in [6.45, 7) is 3.65. The van der Waals surface area contributed by atoms with Crippen molar-refractivity contribution in [3.63, 3.8) is 0 Å². The standard InChI is InChI=1S/C12H15N3O6/c1-7(2)3-11(12(16)17)13-8-4-9(14(18)19)6-10(5-8)15(20)21/h4-7,11,13H,3H2,1-2H3,(H,16,17)/t11-/m0/s1. The number of nitrogens with one attached hydrogen (secondary N) is 1. The Morgan fingerprint density at radius 1 is 1.19 bits per heavy atom. The number of nitro groups is 2. The molecule has 0 fully saturated rings. The van der Waals surface area contributed by atoms with Gasteiger partial charge in [-0.15, -0.1) is 0 Å². The van der Waals surface area contributed by atoms with Gasteiger partial charge in [0.05, 0.1) is 15.9 Å². The molecule has 2 N–H and O–H groups in total. The van der Waals surface area contributed by atoms with E-state index in [9.17, 15) is 25.0 Å². The van der Waals surface area contributed by atoms with Gasteiger partial charge < -0.3 is 10.4 Å². The molecule has 21 heavy (non-hydrogen) atoms. The SMILES string of the molecule is CC(C)C[C@H](Nc1cc([N+](=O)[O-])cc([N+](=O)[O-])c1)C(=O)O. The zero-order valence-electron chi connectivity index (χ0n) is 11.5. The van der Waals surface area contributed by atoms with Gasteiger partial charge >= 0.3 is 5.97 Å². The summed E-state index contributed by atoms with van der Waals surface area (Å²) >= 11 is 0. The van der Waals surface area contributed by atoms with Crippen molar-refractivity contribution in [2.45, 2.75) is 26.3 Å². The molecule has 9 nitrogen and oxygen atoms in total. The van der Waals surface area contributed by atoms with Crippen LogP contribution in [0.4, 0.5) is 17.1 Å². The monoisotopic (exact) mass is 297 g/mol. The van der Waals surface area contributed by atoms with E-state index in [1.165, 1.54) is 0 Å². The number of anilines is 1. The summed E-state index contributed by atoms with van der Waals surface area (Å²) in [6, 6.07) is 1.99. The fraction of sp³-hybridized carbons (Fsp3) is 0.417. The minimum atomic E-state index is -1.13. The Bertz CT molecular complexity index is 540. The van der Waals surface area contributed by atoms with E-state index in [1.54, 1.807) is 0 Å². The molecular formula is C12H15N3O6. The summed E-state index contributed by atoms with van der Waals surface area (Å²) < 4.78 is 0. The number of nitrogens with zero attached hydrogens (tertiary/aromatic N) is 2. The molecule has 0 heterocycles. The Hall–Kier alpha value is -2.71. The maximum Gasteiger partial charge on any atom is 0.326 e. The fourth-order valence-corrected chi connectivity index (χ4v) is 1.78. The molecule has 0 spiro atoms. The van der Waals surface area contributed by atoms with Crippen LogP contribution in [0.25, 0.3) is 0 Å². The first-order valence-corrected chi connectivity index (χ1v) is 6.14. The zero-order chi connectivity index (χ0) is 16.2. The van der Waals surface area contributed by atoms with Crippen molar-refractivity contribution in [3.8, 4) is 0 Å². The average Bonchev–Trinajstić information content (AvgIpc) is 2.36. The minimum absolute atomic E-state index is 0.0314. The topological polar surface area (TPSA) is 136 Å². The highest BCUT2D eigenvalue weighted by atomic mass is 16.6. The Morgan fingerprint density at radius 2 is 1.67 bits per heavy atom. The number of carboxylic acid groups (broad SMARTS) is 1. The van der Waals surface area contributed by atoms with Crippen LogP contribution in [0, 0.1) is 26.1 Å². The predicted octanol–water partition coefficient (Wildman–Crippen LogP) is 2.41. The molecule has 114 valence electrons. The number of nitro benzene ring substituents is 2. The lowest BCUT2D eigenvalue weighted by Crippen LogP contribution is -2.30. The van der Waals surface area contributed by atoms with E-state index in [-0.39, 0.29) is 18.0 Å². The summed E-state index contributed by atoms with van der Waals surface area (Å²) in [7, 11) is 0. The van der Waals surface area contributed by atoms with Gasteiger partial charge in [-0.2, -0.15) is 0 Å². The van der Waals surface area contributed by atoms with Crippen LogP contribution in [0.2, 0.25) is 0 Å². The highest BCUT2D eigenvalue weighted by Gasteiger charge is 2.22. The van der Waals surface area contributed by atoms with Gasteiger partial charge in [0.15, 0.2) is 0 Å². The largest absolute Gasteiger partial charge is 0.480 e. The van der Waals surface area contributed by atoms with Crippen molar-refractivity contribution in [2.75, 3.05) is 5.32 Å². The van der Waals surface area contributed by atoms with Gasteiger partial charge in [0, 0.05) is 17.8 Å². The van der Waals surface area contributed by atoms with Crippen LogP contribution in [0.3, 0.4) is 0 Å². The molecule has 0 amide bonds. The Labute approximate surface area is 119 Å². The normalized spacial score (nSPS) is 12.0. The molecular weight excluding hydrogens is 282 g/mol. The van der Waals surface area contributed by atoms with E-state index in [0.717, 1.165) is 18.2 Å². The van der Waals surface area contributed by atoms with E-state index >= 15 is 0 Å². The van der Waals surface area contributed by atoms with Crippen molar-refractivity contribution in [3.05, 3.63) is 38.4 Å². The molecule has 0 saturated carbocycles. The molecule has 9 heteroatoms. The van der Waals surface area contributed by atoms with Gasteiger partial charge in [-0.25, -0.2) is 4.79 Å². The van der Waals surface area contributed by atoms with E-state index in [4.69, 9.17) is 5.11 Å². The zero-order valence-corrected chi connectivity index (χ0v) is 11.5. The first-order valence-electron chi connectivity index (χ1n) is 6.14. The third kappa shape index (κ3) is 4.71. The average molecular weight is 297 g/mol. The van der Waals surface area contributed by atoms with Crippen LogP contribution < -0.4 is 5.32 Å². The number of non-ortho nitro benzene ring substituents is 2. The summed E-state index contributed by atoms with van der Waals surface area (Å²) in [6.07, 6.45) is 0.284. The number of carbonyl (C=O) groups is 1. The molecule has 0 aliphatic rings. The Kier molecular flexibility index (Phi) is 5.17. The van der Waals surface area contributed by atoms with Crippen LogP contribution >= 0.6 is 0 Å². The summed E-state index contributed by atoms with van der Waals surface area (Å²) in [5.74, 6) is -1.05. The maximum atomic E-state index is 11.1. The first kappa shape index (κ1) is 16.3. The lowest BCUT2D eigenvalue weighted by atomic mass is 10.0. The molecule has 1 atom stereocenters. The van der Waals surface area contributed by atoms with Gasteiger partial charge in [0.1, 0.15) is 6.04 Å². The predicted molar refractivity (Wildman–Crippen MR) is 74.3 cm³/mol. The van der Waals surface area contributed by atoms with Crippen LogP contribution in [0.15, 0.2) is 18.2 Å². The molecule has 0 aliphatic heterocycles. The molecule has 1 aromatic rings. The lowest BCUT2D eigenvalue weighted by molar-refractivity contribution is -0.394. The number of hydrogen-bond donors (Lipinski definition) is 2. The van der Waals surface area contributed by atoms with E-state index in [0.29, 0.717) is 0 Å². The van der Waals surface area contributed by atoms with Crippen molar-refractivity contribution in [1.82, 2.24) is 0 Å². The van der Waals surface area contributed by atoms with E-state index in [1.807, 2.05) is 13.8 Å². The number of benzene rings is 1. The number of hydrogen-bond acceptors (Lipinski definition) is 6. The van der Waals surface area contributed by atoms with Gasteiger partial charge in [0.2, 0.25) is 0 Å². The number of carboxylic acids is 1. The number of rotatable bonds is 7. The molecule has 0 saturated heterocycles. The van der Waals surface area contributed by atoms with Crippen LogP contribution in [0.5, 0.6) is 0 Å². The van der Waals surface area contributed by atoms with E-state index < -0.39 is 33.2 Å².